The van der Waals surface area contributed by atoms with Crippen LogP contribution in [0.2, 0.25) is 0 Å². The largest absolute Gasteiger partial charge is 0.454 e. The number of fused-ring (bicyclic) bond motifs is 1. The first-order valence-electron chi connectivity index (χ1n) is 4.80. The number of aromatic nitrogens is 2. The van der Waals surface area contributed by atoms with Crippen LogP contribution in [0.1, 0.15) is 5.56 Å². The van der Waals surface area contributed by atoms with E-state index >= 15 is 0 Å². The zero-order valence-corrected chi connectivity index (χ0v) is 10.2. The molecule has 1 aliphatic heterocycles. The van der Waals surface area contributed by atoms with Gasteiger partial charge in [0.25, 0.3) is 0 Å². The fraction of sp³-hybridized carbons (Fsp3) is 0.100. The SMILES string of the molecule is S=c1[nH]nc(N=Cc2ccc3c(c2)OCO3)s1. The van der Waals surface area contributed by atoms with Gasteiger partial charge in [-0.15, -0.1) is 5.10 Å². The first kappa shape index (κ1) is 10.4. The number of nitrogens with one attached hydrogen (secondary N) is 1. The fourth-order valence-electron chi connectivity index (χ4n) is 1.40. The van der Waals surface area contributed by atoms with Gasteiger partial charge < -0.3 is 9.47 Å². The highest BCUT2D eigenvalue weighted by Crippen LogP contribution is 2.32. The summed E-state index contributed by atoms with van der Waals surface area (Å²) in [6.07, 6.45) is 1.71. The van der Waals surface area contributed by atoms with E-state index in [1.54, 1.807) is 6.21 Å². The third kappa shape index (κ3) is 2.20. The molecule has 0 fully saturated rings. The number of hydrogen-bond acceptors (Lipinski definition) is 6. The molecule has 1 N–H and O–H groups in total. The van der Waals surface area contributed by atoms with Crippen molar-refractivity contribution in [3.05, 3.63) is 27.7 Å². The van der Waals surface area contributed by atoms with E-state index in [1.165, 1.54) is 11.3 Å². The Morgan fingerprint density at radius 2 is 2.29 bits per heavy atom. The number of ether oxygens (including phenoxy) is 2. The molecule has 1 aliphatic rings. The van der Waals surface area contributed by atoms with E-state index in [2.05, 4.69) is 15.2 Å². The quantitative estimate of drug-likeness (QED) is 0.670. The monoisotopic (exact) mass is 265 g/mol. The van der Waals surface area contributed by atoms with Crippen LogP contribution in [0.3, 0.4) is 0 Å². The number of benzene rings is 1. The lowest BCUT2D eigenvalue weighted by molar-refractivity contribution is 0.174. The molecule has 0 aliphatic carbocycles. The maximum Gasteiger partial charge on any atom is 0.231 e. The van der Waals surface area contributed by atoms with Crippen molar-refractivity contribution >= 4 is 34.9 Å². The molecule has 1 aromatic heterocycles. The molecule has 5 nitrogen and oxygen atoms in total. The molecule has 3 rings (SSSR count). The Balaban J connectivity index is 1.86. The van der Waals surface area contributed by atoms with Gasteiger partial charge in [0.2, 0.25) is 11.9 Å². The maximum atomic E-state index is 5.28. The van der Waals surface area contributed by atoms with E-state index in [4.69, 9.17) is 21.7 Å². The Hall–Kier alpha value is -1.73. The number of aromatic amines is 1. The Morgan fingerprint density at radius 1 is 1.41 bits per heavy atom. The second kappa shape index (κ2) is 4.27. The Kier molecular flexibility index (Phi) is 2.62. The van der Waals surface area contributed by atoms with Crippen LogP contribution >= 0.6 is 23.6 Å². The minimum Gasteiger partial charge on any atom is -0.454 e. The van der Waals surface area contributed by atoms with Gasteiger partial charge >= 0.3 is 0 Å². The molecule has 86 valence electrons. The molecule has 2 aromatic rings. The smallest absolute Gasteiger partial charge is 0.231 e. The summed E-state index contributed by atoms with van der Waals surface area (Å²) in [5.74, 6) is 1.50. The van der Waals surface area contributed by atoms with Gasteiger partial charge in [-0.3, -0.25) is 5.10 Å². The molecule has 0 spiro atoms. The number of aliphatic imine (C=N–C) groups is 1. The van der Waals surface area contributed by atoms with Crippen molar-refractivity contribution in [2.24, 2.45) is 4.99 Å². The summed E-state index contributed by atoms with van der Waals surface area (Å²) in [6, 6.07) is 5.64. The second-order valence-electron chi connectivity index (χ2n) is 3.27. The molecule has 0 saturated carbocycles. The van der Waals surface area contributed by atoms with E-state index in [0.717, 1.165) is 17.1 Å². The van der Waals surface area contributed by atoms with Crippen LogP contribution in [0.4, 0.5) is 5.13 Å². The Labute approximate surface area is 106 Å². The van der Waals surface area contributed by atoms with E-state index in [9.17, 15) is 0 Å². The lowest BCUT2D eigenvalue weighted by Gasteiger charge is -1.96. The van der Waals surface area contributed by atoms with Crippen LogP contribution in [-0.2, 0) is 0 Å². The highest BCUT2D eigenvalue weighted by molar-refractivity contribution is 7.73. The molecule has 2 heterocycles. The summed E-state index contributed by atoms with van der Waals surface area (Å²) < 4.78 is 11.1. The molecule has 0 bridgehead atoms. The highest BCUT2D eigenvalue weighted by atomic mass is 32.1. The summed E-state index contributed by atoms with van der Waals surface area (Å²) in [5, 5.41) is 7.21. The van der Waals surface area contributed by atoms with Crippen molar-refractivity contribution in [3.63, 3.8) is 0 Å². The van der Waals surface area contributed by atoms with Gasteiger partial charge in [-0.25, -0.2) is 4.99 Å². The Bertz CT molecular complexity index is 632. The van der Waals surface area contributed by atoms with Crippen molar-refractivity contribution in [2.45, 2.75) is 0 Å². The molecule has 17 heavy (non-hydrogen) atoms. The number of nitrogens with zero attached hydrogens (tertiary/aromatic N) is 2. The van der Waals surface area contributed by atoms with Gasteiger partial charge in [-0.2, -0.15) is 0 Å². The van der Waals surface area contributed by atoms with E-state index in [-0.39, 0.29) is 6.79 Å². The maximum absolute atomic E-state index is 5.28. The zero-order chi connectivity index (χ0) is 11.7. The highest BCUT2D eigenvalue weighted by Gasteiger charge is 2.12. The van der Waals surface area contributed by atoms with Crippen LogP contribution in [0.25, 0.3) is 0 Å². The summed E-state index contributed by atoms with van der Waals surface area (Å²) in [4.78, 5) is 4.21. The van der Waals surface area contributed by atoms with Crippen molar-refractivity contribution in [1.82, 2.24) is 10.2 Å². The van der Waals surface area contributed by atoms with Gasteiger partial charge in [0, 0.05) is 6.21 Å². The van der Waals surface area contributed by atoms with Crippen molar-refractivity contribution in [2.75, 3.05) is 6.79 Å². The van der Waals surface area contributed by atoms with Gasteiger partial charge in [0.15, 0.2) is 15.5 Å². The van der Waals surface area contributed by atoms with Gasteiger partial charge in [-0.1, -0.05) is 11.3 Å². The molecule has 0 unspecified atom stereocenters. The van der Waals surface area contributed by atoms with Crippen LogP contribution in [0, 0.1) is 3.95 Å². The molecular weight excluding hydrogens is 258 g/mol. The minimum absolute atomic E-state index is 0.274. The average Bonchev–Trinajstić information content (AvgIpc) is 2.94. The Morgan fingerprint density at radius 3 is 3.12 bits per heavy atom. The zero-order valence-electron chi connectivity index (χ0n) is 8.54. The average molecular weight is 265 g/mol. The molecule has 0 amide bonds. The van der Waals surface area contributed by atoms with Crippen molar-refractivity contribution < 1.29 is 9.47 Å². The van der Waals surface area contributed by atoms with E-state index in [0.29, 0.717) is 9.09 Å². The van der Waals surface area contributed by atoms with Crippen LogP contribution in [-0.4, -0.2) is 23.2 Å². The van der Waals surface area contributed by atoms with E-state index < -0.39 is 0 Å². The number of hydrogen-bond donors (Lipinski definition) is 1. The van der Waals surface area contributed by atoms with Gasteiger partial charge in [0.05, 0.1) is 0 Å². The van der Waals surface area contributed by atoms with E-state index in [1.807, 2.05) is 18.2 Å². The summed E-state index contributed by atoms with van der Waals surface area (Å²) >= 11 is 6.25. The van der Waals surface area contributed by atoms with Gasteiger partial charge in [0.1, 0.15) is 0 Å². The predicted octanol–water partition coefficient (Wildman–Crippen LogP) is 2.68. The molecular formula is C10H7N3O2S2. The lowest BCUT2D eigenvalue weighted by Crippen LogP contribution is -1.92. The van der Waals surface area contributed by atoms with Gasteiger partial charge in [-0.05, 0) is 36.0 Å². The molecule has 0 saturated heterocycles. The number of rotatable bonds is 2. The third-order valence-corrected chi connectivity index (χ3v) is 3.14. The second-order valence-corrected chi connectivity index (χ2v) is 4.91. The fourth-order valence-corrected chi connectivity index (χ4v) is 2.12. The first-order chi connectivity index (χ1) is 8.31. The van der Waals surface area contributed by atoms with Crippen LogP contribution in [0.5, 0.6) is 11.5 Å². The summed E-state index contributed by atoms with van der Waals surface area (Å²) in [5.41, 5.74) is 0.926. The number of H-pyrrole nitrogens is 1. The van der Waals surface area contributed by atoms with Crippen LogP contribution < -0.4 is 9.47 Å². The van der Waals surface area contributed by atoms with Crippen LogP contribution in [0.15, 0.2) is 23.2 Å². The molecule has 0 atom stereocenters. The molecule has 1 aromatic carbocycles. The lowest BCUT2D eigenvalue weighted by atomic mass is 10.2. The summed E-state index contributed by atoms with van der Waals surface area (Å²) in [6.45, 7) is 0.274. The molecule has 7 heteroatoms. The predicted molar refractivity (Wildman–Crippen MR) is 67.1 cm³/mol. The van der Waals surface area contributed by atoms with Crippen molar-refractivity contribution in [3.8, 4) is 11.5 Å². The standard InChI is InChI=1S/C10H7N3O2S2/c16-10-13-12-9(17-10)11-4-6-1-2-7-8(3-6)15-5-14-7/h1-4H,5H2,(H,13,16). The molecule has 0 radical (unpaired) electrons. The van der Waals surface area contributed by atoms with Crippen molar-refractivity contribution in [1.29, 1.82) is 0 Å². The normalized spacial score (nSPS) is 13.4. The summed E-state index contributed by atoms with van der Waals surface area (Å²) in [7, 11) is 0. The third-order valence-electron chi connectivity index (χ3n) is 2.15. The first-order valence-corrected chi connectivity index (χ1v) is 6.03. The topological polar surface area (TPSA) is 59.5 Å². The minimum atomic E-state index is 0.274.